The van der Waals surface area contributed by atoms with E-state index in [1.54, 1.807) is 6.08 Å². The molecular formula is C42H85N2O6P. The minimum absolute atomic E-state index is 0.0812. The molecular weight excluding hydrogens is 659 g/mol. The van der Waals surface area contributed by atoms with Gasteiger partial charge in [-0.25, -0.2) is 4.57 Å². The summed E-state index contributed by atoms with van der Waals surface area (Å²) in [4.78, 5) is 22.7. The topological polar surface area (TPSA) is 131 Å². The molecule has 1 amide bonds. The maximum absolute atomic E-state index is 12.7. The minimum Gasteiger partial charge on any atom is -0.387 e. The number of carbonyl (C=O) groups excluding carboxylic acids is 1. The van der Waals surface area contributed by atoms with E-state index in [0.29, 0.717) is 6.42 Å². The van der Waals surface area contributed by atoms with E-state index in [1.807, 2.05) is 6.08 Å². The smallest absolute Gasteiger partial charge is 0.387 e. The molecule has 8 nitrogen and oxygen atoms in total. The fraction of sp³-hybridized carbons (Fsp3) is 0.929. The van der Waals surface area contributed by atoms with Crippen molar-refractivity contribution in [3.05, 3.63) is 12.2 Å². The summed E-state index contributed by atoms with van der Waals surface area (Å²) in [6.45, 7) is 4.15. The van der Waals surface area contributed by atoms with Gasteiger partial charge in [0.2, 0.25) is 5.91 Å². The Morgan fingerprint density at radius 2 is 1.00 bits per heavy atom. The minimum atomic E-state index is -4.33. The molecule has 51 heavy (non-hydrogen) atoms. The molecule has 0 aliphatic heterocycles. The van der Waals surface area contributed by atoms with Gasteiger partial charge in [-0.2, -0.15) is 0 Å². The van der Waals surface area contributed by atoms with Gasteiger partial charge >= 0.3 is 7.82 Å². The van der Waals surface area contributed by atoms with Crippen molar-refractivity contribution in [2.24, 2.45) is 5.73 Å². The zero-order valence-corrected chi connectivity index (χ0v) is 34.5. The third kappa shape index (κ3) is 37.4. The molecule has 0 aromatic carbocycles. The van der Waals surface area contributed by atoms with Crippen molar-refractivity contribution < 1.29 is 28.4 Å². The standard InChI is InChI=1S/C42H85N2O6P/c1-3-5-7-9-11-13-15-17-18-19-20-21-22-23-24-26-28-30-32-34-36-42(46)44-40(39-50-51(47,48)49-38-37-43)41(45)35-33-31-29-27-25-16-14-12-10-8-6-4-2/h33,35,40-41,45H,3-32,34,36-39,43H2,1-2H3,(H,44,46)(H,47,48)/b35-33+/t40-,41+/m0/s1. The van der Waals surface area contributed by atoms with Crippen molar-refractivity contribution in [2.75, 3.05) is 19.8 Å². The number of rotatable bonds is 41. The fourth-order valence-corrected chi connectivity index (χ4v) is 7.30. The molecule has 0 aliphatic rings. The SMILES string of the molecule is CCCCCCCCCCCC/C=C/[C@@H](O)[C@H](COP(=O)(O)OCCN)NC(=O)CCCCCCCCCCCCCCCCCCCCCC. The maximum atomic E-state index is 12.7. The van der Waals surface area contributed by atoms with Gasteiger partial charge < -0.3 is 21.1 Å². The Bertz CT molecular complexity index is 814. The highest BCUT2D eigenvalue weighted by atomic mass is 31.2. The molecule has 0 bridgehead atoms. The molecule has 0 aromatic heterocycles. The van der Waals surface area contributed by atoms with Crippen LogP contribution in [-0.4, -0.2) is 47.8 Å². The lowest BCUT2D eigenvalue weighted by atomic mass is 10.0. The highest BCUT2D eigenvalue weighted by Gasteiger charge is 2.26. The number of phosphoric acid groups is 1. The highest BCUT2D eigenvalue weighted by Crippen LogP contribution is 2.43. The van der Waals surface area contributed by atoms with Gasteiger partial charge in [0, 0.05) is 13.0 Å². The highest BCUT2D eigenvalue weighted by molar-refractivity contribution is 7.47. The third-order valence-corrected chi connectivity index (χ3v) is 10.8. The number of aliphatic hydroxyl groups excluding tert-OH is 1. The van der Waals surface area contributed by atoms with Crippen molar-refractivity contribution in [3.8, 4) is 0 Å². The van der Waals surface area contributed by atoms with Crippen LogP contribution in [0.1, 0.15) is 219 Å². The Morgan fingerprint density at radius 1 is 0.627 bits per heavy atom. The van der Waals surface area contributed by atoms with E-state index in [2.05, 4.69) is 19.2 Å². The predicted molar refractivity (Wildman–Crippen MR) is 217 cm³/mol. The number of nitrogens with two attached hydrogens (primary N) is 1. The van der Waals surface area contributed by atoms with Crippen molar-refractivity contribution in [2.45, 2.75) is 231 Å². The zero-order chi connectivity index (χ0) is 37.5. The molecule has 0 spiro atoms. The van der Waals surface area contributed by atoms with Crippen LogP contribution in [0.15, 0.2) is 12.2 Å². The van der Waals surface area contributed by atoms with Crippen molar-refractivity contribution >= 4 is 13.7 Å². The molecule has 0 fully saturated rings. The number of unbranched alkanes of at least 4 members (excludes halogenated alkanes) is 29. The van der Waals surface area contributed by atoms with Crippen LogP contribution in [0.2, 0.25) is 0 Å². The van der Waals surface area contributed by atoms with Gasteiger partial charge in [0.1, 0.15) is 0 Å². The predicted octanol–water partition coefficient (Wildman–Crippen LogP) is 12.0. The molecule has 1 unspecified atom stereocenters. The van der Waals surface area contributed by atoms with Crippen LogP contribution in [-0.2, 0) is 18.4 Å². The second-order valence-corrected chi connectivity index (χ2v) is 16.4. The average molecular weight is 745 g/mol. The number of nitrogens with one attached hydrogen (secondary N) is 1. The largest absolute Gasteiger partial charge is 0.472 e. The van der Waals surface area contributed by atoms with E-state index in [-0.39, 0.29) is 25.7 Å². The van der Waals surface area contributed by atoms with Crippen molar-refractivity contribution in [3.63, 3.8) is 0 Å². The van der Waals surface area contributed by atoms with E-state index in [1.165, 1.54) is 161 Å². The van der Waals surface area contributed by atoms with Gasteiger partial charge in [0.05, 0.1) is 25.4 Å². The lowest BCUT2D eigenvalue weighted by molar-refractivity contribution is -0.123. The van der Waals surface area contributed by atoms with Crippen LogP contribution in [0.25, 0.3) is 0 Å². The molecule has 3 atom stereocenters. The first kappa shape index (κ1) is 50.2. The molecule has 0 aromatic rings. The normalized spacial score (nSPS) is 14.2. The summed E-state index contributed by atoms with van der Waals surface area (Å²) in [7, 11) is -4.33. The summed E-state index contributed by atoms with van der Waals surface area (Å²) in [6.07, 6.45) is 42.6. The number of phosphoric ester groups is 1. The van der Waals surface area contributed by atoms with Crippen molar-refractivity contribution in [1.29, 1.82) is 0 Å². The summed E-state index contributed by atoms with van der Waals surface area (Å²) in [5.41, 5.74) is 5.37. The number of allylic oxidation sites excluding steroid dienone is 1. The first-order valence-corrected chi connectivity index (χ1v) is 23.3. The van der Waals surface area contributed by atoms with Gasteiger partial charge in [-0.05, 0) is 19.3 Å². The monoisotopic (exact) mass is 745 g/mol. The van der Waals surface area contributed by atoms with Crippen LogP contribution < -0.4 is 11.1 Å². The summed E-state index contributed by atoms with van der Waals surface area (Å²) in [5, 5.41) is 13.6. The number of carbonyl (C=O) groups is 1. The average Bonchev–Trinajstić information content (AvgIpc) is 3.12. The molecule has 0 saturated heterocycles. The Kier molecular flexibility index (Phi) is 38.4. The Labute approximate surface area is 315 Å². The number of aliphatic hydroxyl groups is 1. The zero-order valence-electron chi connectivity index (χ0n) is 33.6. The number of hydrogen-bond donors (Lipinski definition) is 4. The quantitative estimate of drug-likeness (QED) is 0.0278. The van der Waals surface area contributed by atoms with Crippen LogP contribution in [0.3, 0.4) is 0 Å². The molecule has 0 rings (SSSR count). The van der Waals surface area contributed by atoms with E-state index >= 15 is 0 Å². The second-order valence-electron chi connectivity index (χ2n) is 14.9. The van der Waals surface area contributed by atoms with Crippen LogP contribution in [0.4, 0.5) is 0 Å². The summed E-state index contributed by atoms with van der Waals surface area (Å²) >= 11 is 0. The molecule has 9 heteroatoms. The van der Waals surface area contributed by atoms with E-state index in [4.69, 9.17) is 14.8 Å². The lowest BCUT2D eigenvalue weighted by Crippen LogP contribution is -2.45. The van der Waals surface area contributed by atoms with Crippen LogP contribution >= 0.6 is 7.82 Å². The maximum Gasteiger partial charge on any atom is 0.472 e. The fourth-order valence-electron chi connectivity index (χ4n) is 6.54. The summed E-state index contributed by atoms with van der Waals surface area (Å²) in [5.74, 6) is -0.191. The van der Waals surface area contributed by atoms with Gasteiger partial charge in [0.15, 0.2) is 0 Å². The Hall–Kier alpha value is -0.760. The van der Waals surface area contributed by atoms with Crippen molar-refractivity contribution in [1.82, 2.24) is 5.32 Å². The molecule has 0 saturated carbocycles. The summed E-state index contributed by atoms with van der Waals surface area (Å²) < 4.78 is 22.1. The molecule has 304 valence electrons. The van der Waals surface area contributed by atoms with Gasteiger partial charge in [0.25, 0.3) is 0 Å². The number of hydrogen-bond acceptors (Lipinski definition) is 6. The Morgan fingerprint density at radius 3 is 1.39 bits per heavy atom. The summed E-state index contributed by atoms with van der Waals surface area (Å²) in [6, 6.07) is -0.853. The van der Waals surface area contributed by atoms with Gasteiger partial charge in [-0.1, -0.05) is 206 Å². The first-order valence-electron chi connectivity index (χ1n) is 21.8. The molecule has 0 heterocycles. The molecule has 0 radical (unpaired) electrons. The van der Waals surface area contributed by atoms with Gasteiger partial charge in [-0.3, -0.25) is 13.8 Å². The van der Waals surface area contributed by atoms with Gasteiger partial charge in [-0.15, -0.1) is 0 Å². The van der Waals surface area contributed by atoms with E-state index in [9.17, 15) is 19.4 Å². The van der Waals surface area contributed by atoms with Crippen LogP contribution in [0, 0.1) is 0 Å². The lowest BCUT2D eigenvalue weighted by Gasteiger charge is -2.23. The third-order valence-electron chi connectivity index (χ3n) is 9.86. The Balaban J connectivity index is 4.11. The molecule has 0 aliphatic carbocycles. The van der Waals surface area contributed by atoms with E-state index in [0.717, 1.165) is 38.5 Å². The van der Waals surface area contributed by atoms with Crippen LogP contribution in [0.5, 0.6) is 0 Å². The number of amides is 1. The second kappa shape index (κ2) is 38.9. The molecule has 5 N–H and O–H groups in total. The first-order chi connectivity index (χ1) is 24.9. The van der Waals surface area contributed by atoms with E-state index < -0.39 is 20.0 Å².